The van der Waals surface area contributed by atoms with Crippen LogP contribution in [0.2, 0.25) is 0 Å². The number of benzene rings is 2. The second-order valence-electron chi connectivity index (χ2n) is 7.38. The fourth-order valence-corrected chi connectivity index (χ4v) is 3.86. The molecule has 2 heterocycles. The third kappa shape index (κ3) is 3.93. The van der Waals surface area contributed by atoms with Crippen LogP contribution in [0, 0.1) is 13.8 Å². The summed E-state index contributed by atoms with van der Waals surface area (Å²) in [6, 6.07) is 12.4. The van der Waals surface area contributed by atoms with E-state index in [1.165, 1.54) is 16.7 Å². The van der Waals surface area contributed by atoms with Crippen molar-refractivity contribution in [3.8, 4) is 11.5 Å². The van der Waals surface area contributed by atoms with Crippen molar-refractivity contribution in [2.45, 2.75) is 32.7 Å². The Morgan fingerprint density at radius 2 is 1.89 bits per heavy atom. The summed E-state index contributed by atoms with van der Waals surface area (Å²) in [6.07, 6.45) is 2.15. The van der Waals surface area contributed by atoms with Gasteiger partial charge in [-0.2, -0.15) is 0 Å². The predicted molar refractivity (Wildman–Crippen MR) is 106 cm³/mol. The van der Waals surface area contributed by atoms with Gasteiger partial charge in [0, 0.05) is 11.7 Å². The van der Waals surface area contributed by atoms with E-state index in [2.05, 4.69) is 36.2 Å². The lowest BCUT2D eigenvalue weighted by Crippen LogP contribution is -2.33. The average molecular weight is 366 g/mol. The molecule has 0 aromatic heterocycles. The van der Waals surface area contributed by atoms with E-state index in [0.717, 1.165) is 36.6 Å². The van der Waals surface area contributed by atoms with Crippen molar-refractivity contribution < 1.29 is 14.3 Å². The van der Waals surface area contributed by atoms with Crippen molar-refractivity contribution in [3.63, 3.8) is 0 Å². The van der Waals surface area contributed by atoms with Crippen LogP contribution in [0.5, 0.6) is 11.5 Å². The van der Waals surface area contributed by atoms with E-state index in [0.29, 0.717) is 19.8 Å². The van der Waals surface area contributed by atoms with E-state index in [-0.39, 0.29) is 11.9 Å². The van der Waals surface area contributed by atoms with E-state index < -0.39 is 0 Å². The standard InChI is InChI=1S/C22H26N2O3/c1-15-5-7-18(12-16(15)2)23-22(25)14-24-9-3-4-19(24)17-6-8-20-21(13-17)27-11-10-26-20/h5-8,12-13,19H,3-4,9-11,14H2,1-2H3,(H,23,25)/t19-/m0/s1. The van der Waals surface area contributed by atoms with Gasteiger partial charge in [-0.1, -0.05) is 12.1 Å². The number of hydrogen-bond acceptors (Lipinski definition) is 4. The Hall–Kier alpha value is -2.53. The van der Waals surface area contributed by atoms with Gasteiger partial charge in [-0.05, 0) is 74.2 Å². The molecule has 2 aromatic carbocycles. The minimum atomic E-state index is 0.0303. The number of likely N-dealkylation sites (tertiary alicyclic amines) is 1. The first-order valence-electron chi connectivity index (χ1n) is 9.61. The molecule has 0 radical (unpaired) electrons. The van der Waals surface area contributed by atoms with E-state index in [1.54, 1.807) is 0 Å². The van der Waals surface area contributed by atoms with Gasteiger partial charge in [0.15, 0.2) is 11.5 Å². The maximum atomic E-state index is 12.6. The summed E-state index contributed by atoms with van der Waals surface area (Å²) in [7, 11) is 0. The second-order valence-corrected chi connectivity index (χ2v) is 7.38. The molecule has 0 saturated carbocycles. The minimum absolute atomic E-state index is 0.0303. The SMILES string of the molecule is Cc1ccc(NC(=O)CN2CCC[C@H]2c2ccc3c(c2)OCCO3)cc1C. The molecule has 4 rings (SSSR count). The van der Waals surface area contributed by atoms with Gasteiger partial charge in [-0.25, -0.2) is 0 Å². The number of anilines is 1. The van der Waals surface area contributed by atoms with Crippen LogP contribution in [-0.2, 0) is 4.79 Å². The highest BCUT2D eigenvalue weighted by atomic mass is 16.6. The maximum Gasteiger partial charge on any atom is 0.238 e. The van der Waals surface area contributed by atoms with Crippen molar-refractivity contribution in [3.05, 3.63) is 53.1 Å². The molecule has 0 unspecified atom stereocenters. The Labute approximate surface area is 160 Å². The fraction of sp³-hybridized carbons (Fsp3) is 0.409. The van der Waals surface area contributed by atoms with Crippen LogP contribution in [0.1, 0.15) is 35.6 Å². The van der Waals surface area contributed by atoms with Gasteiger partial charge >= 0.3 is 0 Å². The Bertz CT molecular complexity index is 849. The lowest BCUT2D eigenvalue weighted by molar-refractivity contribution is -0.117. The molecule has 5 nitrogen and oxygen atoms in total. The van der Waals surface area contributed by atoms with Crippen LogP contribution in [0.15, 0.2) is 36.4 Å². The number of amides is 1. The molecule has 1 atom stereocenters. The highest BCUT2D eigenvalue weighted by Gasteiger charge is 2.28. The van der Waals surface area contributed by atoms with E-state index >= 15 is 0 Å². The van der Waals surface area contributed by atoms with Gasteiger partial charge in [-0.3, -0.25) is 9.69 Å². The monoisotopic (exact) mass is 366 g/mol. The minimum Gasteiger partial charge on any atom is -0.486 e. The molecule has 27 heavy (non-hydrogen) atoms. The van der Waals surface area contributed by atoms with E-state index in [4.69, 9.17) is 9.47 Å². The zero-order valence-electron chi connectivity index (χ0n) is 16.0. The van der Waals surface area contributed by atoms with Gasteiger partial charge in [-0.15, -0.1) is 0 Å². The number of carbonyl (C=O) groups is 1. The van der Waals surface area contributed by atoms with Crippen molar-refractivity contribution in [2.24, 2.45) is 0 Å². The number of hydrogen-bond donors (Lipinski definition) is 1. The first kappa shape index (κ1) is 17.9. The molecule has 1 N–H and O–H groups in total. The Morgan fingerprint density at radius 3 is 2.70 bits per heavy atom. The number of rotatable bonds is 4. The fourth-order valence-electron chi connectivity index (χ4n) is 3.86. The summed E-state index contributed by atoms with van der Waals surface area (Å²) in [5, 5.41) is 3.03. The molecule has 142 valence electrons. The summed E-state index contributed by atoms with van der Waals surface area (Å²) < 4.78 is 11.3. The Morgan fingerprint density at radius 1 is 1.07 bits per heavy atom. The molecule has 0 aliphatic carbocycles. The van der Waals surface area contributed by atoms with E-state index in [9.17, 15) is 4.79 Å². The Balaban J connectivity index is 1.43. The summed E-state index contributed by atoms with van der Waals surface area (Å²) in [4.78, 5) is 14.8. The van der Waals surface area contributed by atoms with Crippen LogP contribution in [-0.4, -0.2) is 37.1 Å². The molecule has 5 heteroatoms. The highest BCUT2D eigenvalue weighted by molar-refractivity contribution is 5.92. The van der Waals surface area contributed by atoms with Crippen molar-refractivity contribution >= 4 is 11.6 Å². The zero-order chi connectivity index (χ0) is 18.8. The van der Waals surface area contributed by atoms with Crippen molar-refractivity contribution in [2.75, 3.05) is 31.6 Å². The number of carbonyl (C=O) groups excluding carboxylic acids is 1. The molecule has 1 amide bonds. The lowest BCUT2D eigenvalue weighted by atomic mass is 10.0. The van der Waals surface area contributed by atoms with Crippen LogP contribution >= 0.6 is 0 Å². The number of aryl methyl sites for hydroxylation is 2. The molecular weight excluding hydrogens is 340 g/mol. The van der Waals surface area contributed by atoms with Crippen molar-refractivity contribution in [1.29, 1.82) is 0 Å². The number of nitrogens with one attached hydrogen (secondary N) is 1. The molecule has 0 bridgehead atoms. The zero-order valence-corrected chi connectivity index (χ0v) is 16.0. The van der Waals surface area contributed by atoms with Gasteiger partial charge < -0.3 is 14.8 Å². The molecular formula is C22H26N2O3. The van der Waals surface area contributed by atoms with Gasteiger partial charge in [0.1, 0.15) is 13.2 Å². The molecule has 0 spiro atoms. The second kappa shape index (κ2) is 7.61. The Kier molecular flexibility index (Phi) is 5.03. The number of fused-ring (bicyclic) bond motifs is 1. The average Bonchev–Trinajstić information content (AvgIpc) is 3.12. The molecule has 2 aliphatic rings. The quantitative estimate of drug-likeness (QED) is 0.893. The van der Waals surface area contributed by atoms with Gasteiger partial charge in [0.05, 0.1) is 6.54 Å². The first-order valence-corrected chi connectivity index (χ1v) is 9.61. The normalized spacial score (nSPS) is 19.1. The molecule has 1 saturated heterocycles. The smallest absolute Gasteiger partial charge is 0.238 e. The summed E-state index contributed by atoms with van der Waals surface area (Å²) in [6.45, 7) is 6.64. The van der Waals surface area contributed by atoms with E-state index in [1.807, 2.05) is 24.3 Å². The molecule has 1 fully saturated rings. The maximum absolute atomic E-state index is 12.6. The van der Waals surface area contributed by atoms with Crippen LogP contribution in [0.3, 0.4) is 0 Å². The van der Waals surface area contributed by atoms with Gasteiger partial charge in [0.2, 0.25) is 5.91 Å². The molecule has 2 aromatic rings. The summed E-state index contributed by atoms with van der Waals surface area (Å²) in [5.74, 6) is 1.65. The van der Waals surface area contributed by atoms with Crippen LogP contribution in [0.4, 0.5) is 5.69 Å². The van der Waals surface area contributed by atoms with Crippen molar-refractivity contribution in [1.82, 2.24) is 4.90 Å². The third-order valence-corrected chi connectivity index (χ3v) is 5.45. The predicted octanol–water partition coefficient (Wildman–Crippen LogP) is 3.85. The number of ether oxygens (including phenoxy) is 2. The topological polar surface area (TPSA) is 50.8 Å². The first-order chi connectivity index (χ1) is 13.1. The largest absolute Gasteiger partial charge is 0.486 e. The van der Waals surface area contributed by atoms with Crippen LogP contribution in [0.25, 0.3) is 0 Å². The van der Waals surface area contributed by atoms with Crippen LogP contribution < -0.4 is 14.8 Å². The summed E-state index contributed by atoms with van der Waals surface area (Å²) >= 11 is 0. The van der Waals surface area contributed by atoms with Gasteiger partial charge in [0.25, 0.3) is 0 Å². The lowest BCUT2D eigenvalue weighted by Gasteiger charge is -2.26. The number of nitrogens with zero attached hydrogens (tertiary/aromatic N) is 1. The highest BCUT2D eigenvalue weighted by Crippen LogP contribution is 2.37. The summed E-state index contributed by atoms with van der Waals surface area (Å²) in [5.41, 5.74) is 4.46. The third-order valence-electron chi connectivity index (χ3n) is 5.45. The molecule has 2 aliphatic heterocycles.